The quantitative estimate of drug-likeness (QED) is 0.676. The van der Waals surface area contributed by atoms with Crippen LogP contribution in [0.1, 0.15) is 18.0 Å². The SMILES string of the molecule is O=C1[C@@H]2C3C=CC(C3)[C@@H]2C(=O)N1[C@@H](CO)c1ccccc1. The number of likely N-dealkylation sites (tertiary alicyclic amines) is 1. The van der Waals surface area contributed by atoms with Crippen molar-refractivity contribution in [3.05, 3.63) is 48.0 Å². The number of carbonyl (C=O) groups is 2. The van der Waals surface area contributed by atoms with Gasteiger partial charge in [0.05, 0.1) is 24.5 Å². The highest BCUT2D eigenvalue weighted by atomic mass is 16.3. The van der Waals surface area contributed by atoms with E-state index in [9.17, 15) is 14.7 Å². The lowest BCUT2D eigenvalue weighted by Gasteiger charge is -2.26. The van der Waals surface area contributed by atoms with Crippen molar-refractivity contribution in [2.45, 2.75) is 12.5 Å². The predicted octanol–water partition coefficient (Wildman–Crippen LogP) is 1.53. The van der Waals surface area contributed by atoms with Crippen LogP contribution in [0.15, 0.2) is 42.5 Å². The number of benzene rings is 1. The second-order valence-corrected chi connectivity index (χ2v) is 6.16. The van der Waals surface area contributed by atoms with Crippen LogP contribution in [0, 0.1) is 23.7 Å². The van der Waals surface area contributed by atoms with E-state index in [1.807, 2.05) is 30.3 Å². The van der Waals surface area contributed by atoms with Gasteiger partial charge in [0.15, 0.2) is 0 Å². The zero-order valence-electron chi connectivity index (χ0n) is 11.6. The fourth-order valence-corrected chi connectivity index (χ4v) is 4.24. The van der Waals surface area contributed by atoms with Crippen molar-refractivity contribution in [1.29, 1.82) is 0 Å². The fraction of sp³-hybridized carbons (Fsp3) is 0.412. The van der Waals surface area contributed by atoms with Crippen molar-refractivity contribution in [3.63, 3.8) is 0 Å². The van der Waals surface area contributed by atoms with E-state index in [1.54, 1.807) is 0 Å². The molecule has 0 radical (unpaired) electrons. The summed E-state index contributed by atoms with van der Waals surface area (Å²) in [6.07, 6.45) is 5.09. The molecule has 2 amide bonds. The summed E-state index contributed by atoms with van der Waals surface area (Å²) < 4.78 is 0. The smallest absolute Gasteiger partial charge is 0.234 e. The predicted molar refractivity (Wildman–Crippen MR) is 75.8 cm³/mol. The average Bonchev–Trinajstić information content (AvgIpc) is 3.18. The first kappa shape index (κ1) is 12.8. The molecular weight excluding hydrogens is 266 g/mol. The van der Waals surface area contributed by atoms with E-state index in [-0.39, 0.29) is 42.1 Å². The lowest BCUT2D eigenvalue weighted by molar-refractivity contribution is -0.144. The molecule has 4 nitrogen and oxygen atoms in total. The second kappa shape index (κ2) is 4.53. The molecule has 2 fully saturated rings. The van der Waals surface area contributed by atoms with Crippen LogP contribution in [0.25, 0.3) is 0 Å². The van der Waals surface area contributed by atoms with Crippen molar-refractivity contribution in [2.24, 2.45) is 23.7 Å². The highest BCUT2D eigenvalue weighted by Gasteiger charge is 2.60. The van der Waals surface area contributed by atoms with E-state index in [2.05, 4.69) is 12.2 Å². The molecule has 1 aliphatic heterocycles. The molecule has 4 rings (SSSR count). The van der Waals surface area contributed by atoms with Gasteiger partial charge in [-0.25, -0.2) is 0 Å². The van der Waals surface area contributed by atoms with Crippen LogP contribution >= 0.6 is 0 Å². The zero-order chi connectivity index (χ0) is 14.6. The van der Waals surface area contributed by atoms with Crippen molar-refractivity contribution >= 4 is 11.8 Å². The van der Waals surface area contributed by atoms with E-state index >= 15 is 0 Å². The van der Waals surface area contributed by atoms with Crippen molar-refractivity contribution in [3.8, 4) is 0 Å². The Morgan fingerprint density at radius 1 is 1.05 bits per heavy atom. The summed E-state index contributed by atoms with van der Waals surface area (Å²) in [5, 5.41) is 9.72. The van der Waals surface area contributed by atoms with E-state index in [0.29, 0.717) is 0 Å². The number of aliphatic hydroxyl groups excluding tert-OH is 1. The first-order valence-corrected chi connectivity index (χ1v) is 7.43. The van der Waals surface area contributed by atoms with Crippen LogP contribution in [0.5, 0.6) is 0 Å². The molecular formula is C17H17NO3. The monoisotopic (exact) mass is 283 g/mol. The number of rotatable bonds is 3. The molecule has 21 heavy (non-hydrogen) atoms. The number of carbonyl (C=O) groups excluding carboxylic acids is 2. The molecule has 0 spiro atoms. The largest absolute Gasteiger partial charge is 0.394 e. The van der Waals surface area contributed by atoms with Gasteiger partial charge < -0.3 is 5.11 Å². The highest BCUT2D eigenvalue weighted by molar-refractivity contribution is 6.06. The average molecular weight is 283 g/mol. The highest BCUT2D eigenvalue weighted by Crippen LogP contribution is 2.53. The maximum atomic E-state index is 12.7. The molecule has 1 aromatic rings. The minimum Gasteiger partial charge on any atom is -0.394 e. The van der Waals surface area contributed by atoms with Crippen LogP contribution in [-0.4, -0.2) is 28.4 Å². The molecule has 1 N–H and O–H groups in total. The Labute approximate surface area is 123 Å². The van der Waals surface area contributed by atoms with Crippen LogP contribution in [-0.2, 0) is 9.59 Å². The summed E-state index contributed by atoms with van der Waals surface area (Å²) in [5.41, 5.74) is 0.807. The van der Waals surface area contributed by atoms with Gasteiger partial charge in [-0.15, -0.1) is 0 Å². The maximum Gasteiger partial charge on any atom is 0.234 e. The van der Waals surface area contributed by atoms with Crippen molar-refractivity contribution in [2.75, 3.05) is 6.61 Å². The first-order chi connectivity index (χ1) is 10.2. The van der Waals surface area contributed by atoms with Gasteiger partial charge in [0, 0.05) is 0 Å². The molecule has 2 aliphatic carbocycles. The van der Waals surface area contributed by atoms with E-state index in [0.717, 1.165) is 12.0 Å². The number of hydrogen-bond acceptors (Lipinski definition) is 3. The summed E-state index contributed by atoms with van der Waals surface area (Å²) in [6.45, 7) is -0.232. The molecule has 108 valence electrons. The Balaban J connectivity index is 1.70. The van der Waals surface area contributed by atoms with E-state index < -0.39 is 6.04 Å². The van der Waals surface area contributed by atoms with Gasteiger partial charge in [0.25, 0.3) is 0 Å². The minimum absolute atomic E-state index is 0.107. The van der Waals surface area contributed by atoms with Gasteiger partial charge in [-0.05, 0) is 23.8 Å². The zero-order valence-corrected chi connectivity index (χ0v) is 11.6. The Morgan fingerprint density at radius 2 is 1.62 bits per heavy atom. The van der Waals surface area contributed by atoms with Gasteiger partial charge >= 0.3 is 0 Å². The van der Waals surface area contributed by atoms with E-state index in [1.165, 1.54) is 4.90 Å². The Bertz CT molecular complexity index is 594. The van der Waals surface area contributed by atoms with Crippen LogP contribution in [0.3, 0.4) is 0 Å². The number of hydrogen-bond donors (Lipinski definition) is 1. The van der Waals surface area contributed by atoms with Gasteiger partial charge in [0.1, 0.15) is 0 Å². The van der Waals surface area contributed by atoms with Crippen LogP contribution in [0.2, 0.25) is 0 Å². The summed E-state index contributed by atoms with van der Waals surface area (Å²) >= 11 is 0. The molecule has 0 aromatic heterocycles. The number of nitrogens with zero attached hydrogens (tertiary/aromatic N) is 1. The van der Waals surface area contributed by atoms with Crippen LogP contribution in [0.4, 0.5) is 0 Å². The Morgan fingerprint density at radius 3 is 2.14 bits per heavy atom. The third-order valence-corrected chi connectivity index (χ3v) is 5.17. The third kappa shape index (κ3) is 1.65. The molecule has 1 saturated carbocycles. The molecule has 3 aliphatic rings. The number of allylic oxidation sites excluding steroid dienone is 2. The fourth-order valence-electron chi connectivity index (χ4n) is 4.24. The summed E-state index contributed by atoms with van der Waals surface area (Å²) in [5.74, 6) is -0.210. The summed E-state index contributed by atoms with van der Waals surface area (Å²) in [7, 11) is 0. The third-order valence-electron chi connectivity index (χ3n) is 5.17. The number of amides is 2. The summed E-state index contributed by atoms with van der Waals surface area (Å²) in [6, 6.07) is 8.73. The topological polar surface area (TPSA) is 57.6 Å². The van der Waals surface area contributed by atoms with Gasteiger partial charge in [-0.2, -0.15) is 0 Å². The molecule has 2 unspecified atom stereocenters. The first-order valence-electron chi connectivity index (χ1n) is 7.43. The molecule has 1 aromatic carbocycles. The molecule has 2 bridgehead atoms. The molecule has 4 heteroatoms. The lowest BCUT2D eigenvalue weighted by Crippen LogP contribution is -2.38. The van der Waals surface area contributed by atoms with Crippen molar-refractivity contribution in [1.82, 2.24) is 4.90 Å². The Kier molecular flexibility index (Phi) is 2.76. The molecule has 1 heterocycles. The summed E-state index contributed by atoms with van der Waals surface area (Å²) in [4.78, 5) is 26.8. The number of aliphatic hydroxyl groups is 1. The van der Waals surface area contributed by atoms with Gasteiger partial charge in [-0.1, -0.05) is 42.5 Å². The number of imide groups is 1. The molecule has 1 saturated heterocycles. The van der Waals surface area contributed by atoms with Gasteiger partial charge in [-0.3, -0.25) is 14.5 Å². The number of fused-ring (bicyclic) bond motifs is 5. The van der Waals surface area contributed by atoms with Crippen molar-refractivity contribution < 1.29 is 14.7 Å². The second-order valence-electron chi connectivity index (χ2n) is 6.16. The van der Waals surface area contributed by atoms with Crippen LogP contribution < -0.4 is 0 Å². The standard InChI is InChI=1S/C17H17NO3/c19-9-13(10-4-2-1-3-5-10)18-16(20)14-11-6-7-12(8-11)15(14)17(18)21/h1-7,11-15,19H,8-9H2/t11?,12?,13-,14-,15+/m0/s1. The lowest BCUT2D eigenvalue weighted by atomic mass is 9.85. The van der Waals surface area contributed by atoms with Gasteiger partial charge in [0.2, 0.25) is 11.8 Å². The minimum atomic E-state index is -0.559. The normalized spacial score (nSPS) is 34.6. The van der Waals surface area contributed by atoms with E-state index in [4.69, 9.17) is 0 Å². The maximum absolute atomic E-state index is 12.7. The molecule has 5 atom stereocenters. The Hall–Kier alpha value is -1.94.